The number of carboxylic acids is 1. The van der Waals surface area contributed by atoms with Crippen LogP contribution in [0.2, 0.25) is 10.0 Å². The predicted octanol–water partition coefficient (Wildman–Crippen LogP) is 4.14. The summed E-state index contributed by atoms with van der Waals surface area (Å²) < 4.78 is 0. The van der Waals surface area contributed by atoms with Crippen molar-refractivity contribution in [2.45, 2.75) is 6.92 Å². The highest BCUT2D eigenvalue weighted by Gasteiger charge is 2.12. The zero-order valence-corrected chi connectivity index (χ0v) is 11.5. The molecule has 1 aromatic heterocycles. The Hall–Kier alpha value is -1.78. The van der Waals surface area contributed by atoms with E-state index in [2.05, 4.69) is 10.3 Å². The normalized spacial score (nSPS) is 10.3. The van der Waals surface area contributed by atoms with Crippen molar-refractivity contribution in [2.75, 3.05) is 5.32 Å². The van der Waals surface area contributed by atoms with Gasteiger partial charge in [0.1, 0.15) is 5.82 Å². The van der Waals surface area contributed by atoms with Gasteiger partial charge in [-0.15, -0.1) is 0 Å². The number of halogens is 2. The molecule has 6 heteroatoms. The molecule has 0 saturated heterocycles. The van der Waals surface area contributed by atoms with Crippen LogP contribution in [-0.4, -0.2) is 16.1 Å². The Labute approximate surface area is 120 Å². The summed E-state index contributed by atoms with van der Waals surface area (Å²) >= 11 is 11.7. The maximum Gasteiger partial charge on any atom is 0.356 e. The fourth-order valence-corrected chi connectivity index (χ4v) is 1.89. The van der Waals surface area contributed by atoms with E-state index in [4.69, 9.17) is 28.3 Å². The molecule has 0 unspecified atom stereocenters. The smallest absolute Gasteiger partial charge is 0.356 e. The molecule has 2 rings (SSSR count). The summed E-state index contributed by atoms with van der Waals surface area (Å²) in [6, 6.07) is 8.47. The van der Waals surface area contributed by atoms with Crippen LogP contribution >= 0.6 is 23.2 Å². The van der Waals surface area contributed by atoms with Crippen LogP contribution in [0.25, 0.3) is 0 Å². The topological polar surface area (TPSA) is 62.2 Å². The largest absolute Gasteiger partial charge is 0.476 e. The summed E-state index contributed by atoms with van der Waals surface area (Å²) in [7, 11) is 0. The molecule has 1 heterocycles. The Morgan fingerprint density at radius 3 is 2.68 bits per heavy atom. The number of benzene rings is 1. The van der Waals surface area contributed by atoms with Gasteiger partial charge in [-0.1, -0.05) is 29.3 Å². The minimum absolute atomic E-state index is 0.0980. The van der Waals surface area contributed by atoms with E-state index >= 15 is 0 Å². The van der Waals surface area contributed by atoms with Gasteiger partial charge in [0.15, 0.2) is 5.69 Å². The summed E-state index contributed by atoms with van der Waals surface area (Å²) in [6.07, 6.45) is 0. The molecule has 1 aromatic carbocycles. The summed E-state index contributed by atoms with van der Waals surface area (Å²) in [6.45, 7) is 1.91. The SMILES string of the molecule is Cc1ccc(Cl)cc1Nc1ccc(Cl)c(C(=O)O)n1. The minimum Gasteiger partial charge on any atom is -0.476 e. The zero-order valence-electron chi connectivity index (χ0n) is 9.95. The van der Waals surface area contributed by atoms with Gasteiger partial charge in [-0.3, -0.25) is 0 Å². The van der Waals surface area contributed by atoms with Crippen LogP contribution in [-0.2, 0) is 0 Å². The van der Waals surface area contributed by atoms with Crippen LogP contribution in [0.15, 0.2) is 30.3 Å². The lowest BCUT2D eigenvalue weighted by Crippen LogP contribution is -2.04. The van der Waals surface area contributed by atoms with Gasteiger partial charge < -0.3 is 10.4 Å². The molecule has 2 N–H and O–H groups in total. The molecule has 0 aliphatic rings. The van der Waals surface area contributed by atoms with E-state index in [1.165, 1.54) is 6.07 Å². The van der Waals surface area contributed by atoms with Gasteiger partial charge in [0, 0.05) is 10.7 Å². The Morgan fingerprint density at radius 2 is 2.00 bits per heavy atom. The number of aromatic carboxylic acids is 1. The average molecular weight is 297 g/mol. The molecule has 0 spiro atoms. The van der Waals surface area contributed by atoms with Crippen molar-refractivity contribution in [3.8, 4) is 0 Å². The third-order valence-corrected chi connectivity index (χ3v) is 3.05. The lowest BCUT2D eigenvalue weighted by molar-refractivity contribution is 0.0691. The highest BCUT2D eigenvalue weighted by Crippen LogP contribution is 2.24. The molecule has 4 nitrogen and oxygen atoms in total. The fourth-order valence-electron chi connectivity index (χ4n) is 1.53. The van der Waals surface area contributed by atoms with Gasteiger partial charge in [-0.05, 0) is 36.8 Å². The van der Waals surface area contributed by atoms with E-state index in [0.29, 0.717) is 10.8 Å². The number of hydrogen-bond acceptors (Lipinski definition) is 3. The third kappa shape index (κ3) is 3.16. The van der Waals surface area contributed by atoms with Gasteiger partial charge in [0.05, 0.1) is 5.02 Å². The number of carboxylic acid groups (broad SMARTS) is 1. The average Bonchev–Trinajstić information content (AvgIpc) is 2.36. The van der Waals surface area contributed by atoms with Crippen LogP contribution in [0.5, 0.6) is 0 Å². The minimum atomic E-state index is -1.17. The standard InChI is InChI=1S/C13H10Cl2N2O2/c1-7-2-3-8(14)6-10(7)16-11-5-4-9(15)12(17-11)13(18)19/h2-6H,1H3,(H,16,17)(H,18,19). The molecular weight excluding hydrogens is 287 g/mol. The highest BCUT2D eigenvalue weighted by molar-refractivity contribution is 6.33. The van der Waals surface area contributed by atoms with Crippen molar-refractivity contribution in [1.29, 1.82) is 0 Å². The monoisotopic (exact) mass is 296 g/mol. The summed E-state index contributed by atoms with van der Waals surface area (Å²) in [5.41, 5.74) is 1.54. The van der Waals surface area contributed by atoms with Crippen LogP contribution in [0.1, 0.15) is 16.1 Å². The van der Waals surface area contributed by atoms with Crippen LogP contribution in [0, 0.1) is 6.92 Å². The van der Waals surface area contributed by atoms with Crippen molar-refractivity contribution >= 4 is 40.7 Å². The fraction of sp³-hybridized carbons (Fsp3) is 0.0769. The third-order valence-electron chi connectivity index (χ3n) is 2.51. The molecule has 0 fully saturated rings. The second-order valence-corrected chi connectivity index (χ2v) is 4.76. The molecule has 0 saturated carbocycles. The van der Waals surface area contributed by atoms with Crippen molar-refractivity contribution in [3.63, 3.8) is 0 Å². The number of anilines is 2. The van der Waals surface area contributed by atoms with E-state index in [9.17, 15) is 4.79 Å². The van der Waals surface area contributed by atoms with Crippen LogP contribution in [0.3, 0.4) is 0 Å². The molecule has 0 radical (unpaired) electrons. The van der Waals surface area contributed by atoms with Crippen molar-refractivity contribution in [1.82, 2.24) is 4.98 Å². The Kier molecular flexibility index (Phi) is 3.93. The van der Waals surface area contributed by atoms with Gasteiger partial charge >= 0.3 is 5.97 Å². The number of aromatic nitrogens is 1. The first-order chi connectivity index (χ1) is 8.97. The van der Waals surface area contributed by atoms with Gasteiger partial charge in [-0.2, -0.15) is 0 Å². The molecule has 0 aliphatic heterocycles. The Morgan fingerprint density at radius 1 is 1.26 bits per heavy atom. The maximum atomic E-state index is 11.0. The number of nitrogens with zero attached hydrogens (tertiary/aromatic N) is 1. The molecule has 19 heavy (non-hydrogen) atoms. The summed E-state index contributed by atoms with van der Waals surface area (Å²) in [5, 5.41) is 12.7. The zero-order chi connectivity index (χ0) is 14.0. The molecule has 0 amide bonds. The molecule has 98 valence electrons. The van der Waals surface area contributed by atoms with E-state index in [-0.39, 0.29) is 10.7 Å². The van der Waals surface area contributed by atoms with Gasteiger partial charge in [-0.25, -0.2) is 9.78 Å². The number of rotatable bonds is 3. The molecule has 0 atom stereocenters. The molecular formula is C13H10Cl2N2O2. The maximum absolute atomic E-state index is 11.0. The summed E-state index contributed by atoms with van der Waals surface area (Å²) in [4.78, 5) is 14.9. The van der Waals surface area contributed by atoms with E-state index in [1.54, 1.807) is 18.2 Å². The number of pyridine rings is 1. The lowest BCUT2D eigenvalue weighted by Gasteiger charge is -2.10. The highest BCUT2D eigenvalue weighted by atomic mass is 35.5. The molecule has 2 aromatic rings. The molecule has 0 bridgehead atoms. The Balaban J connectivity index is 2.36. The second kappa shape index (κ2) is 5.47. The summed E-state index contributed by atoms with van der Waals surface area (Å²) in [5.74, 6) is -0.774. The van der Waals surface area contributed by atoms with E-state index < -0.39 is 5.97 Å². The quantitative estimate of drug-likeness (QED) is 0.893. The van der Waals surface area contributed by atoms with Crippen molar-refractivity contribution < 1.29 is 9.90 Å². The van der Waals surface area contributed by atoms with Gasteiger partial charge in [0.25, 0.3) is 0 Å². The Bertz CT molecular complexity index is 645. The van der Waals surface area contributed by atoms with Crippen LogP contribution in [0.4, 0.5) is 11.5 Å². The number of aryl methyl sites for hydroxylation is 1. The first kappa shape index (κ1) is 13.6. The predicted molar refractivity (Wildman–Crippen MR) is 75.7 cm³/mol. The van der Waals surface area contributed by atoms with E-state index in [1.807, 2.05) is 13.0 Å². The first-order valence-corrected chi connectivity index (χ1v) is 6.16. The van der Waals surface area contributed by atoms with Crippen molar-refractivity contribution in [2.24, 2.45) is 0 Å². The van der Waals surface area contributed by atoms with Crippen molar-refractivity contribution in [3.05, 3.63) is 51.6 Å². The van der Waals surface area contributed by atoms with Gasteiger partial charge in [0.2, 0.25) is 0 Å². The number of nitrogens with one attached hydrogen (secondary N) is 1. The lowest BCUT2D eigenvalue weighted by atomic mass is 10.2. The number of hydrogen-bond donors (Lipinski definition) is 2. The first-order valence-electron chi connectivity index (χ1n) is 5.40. The number of carbonyl (C=O) groups is 1. The second-order valence-electron chi connectivity index (χ2n) is 3.92. The van der Waals surface area contributed by atoms with E-state index in [0.717, 1.165) is 11.3 Å². The molecule has 0 aliphatic carbocycles. The van der Waals surface area contributed by atoms with Crippen LogP contribution < -0.4 is 5.32 Å².